The molecule has 0 saturated carbocycles. The molecule has 102 valence electrons. The molecule has 3 N–H and O–H groups in total. The zero-order chi connectivity index (χ0) is 13.7. The minimum atomic E-state index is -0.902. The molecule has 2 heterocycles. The number of nitrogens with zero attached hydrogens (tertiary/aromatic N) is 6. The van der Waals surface area contributed by atoms with Gasteiger partial charge in [-0.1, -0.05) is 17.0 Å². The Kier molecular flexibility index (Phi) is 4.34. The van der Waals surface area contributed by atoms with Gasteiger partial charge in [0.15, 0.2) is 5.16 Å². The van der Waals surface area contributed by atoms with Crippen LogP contribution >= 0.6 is 11.8 Å². The minimum Gasteiger partial charge on any atom is -0.481 e. The summed E-state index contributed by atoms with van der Waals surface area (Å²) < 4.78 is 3.41. The molecule has 2 aromatic heterocycles. The Labute approximate surface area is 112 Å². The number of carboxylic acid groups (broad SMARTS) is 1. The average Bonchev–Trinajstić information content (AvgIpc) is 2.99. The van der Waals surface area contributed by atoms with E-state index in [1.807, 2.05) is 0 Å². The summed E-state index contributed by atoms with van der Waals surface area (Å²) in [6.45, 7) is 1.29. The highest BCUT2D eigenvalue weighted by Gasteiger charge is 2.11. The van der Waals surface area contributed by atoms with Gasteiger partial charge in [0.05, 0.1) is 11.9 Å². The highest BCUT2D eigenvalue weighted by atomic mass is 32.2. The molecule has 0 aliphatic carbocycles. The molecular formula is C9H13N7O2S. The van der Waals surface area contributed by atoms with Crippen LogP contribution in [-0.2, 0) is 17.9 Å². The standard InChI is InChI=1S/C9H13N7O2S/c10-8-12-13-9(19-6-7(17)18)16(8)4-1-3-15-5-2-11-14-15/h2,5H,1,3-4,6H2,(H2,10,12)(H,17,18). The van der Waals surface area contributed by atoms with Gasteiger partial charge in [-0.05, 0) is 6.42 Å². The minimum absolute atomic E-state index is 0.0682. The number of carboxylic acids is 1. The molecule has 0 atom stereocenters. The molecule has 0 saturated heterocycles. The van der Waals surface area contributed by atoms with Gasteiger partial charge in [-0.2, -0.15) is 0 Å². The third kappa shape index (κ3) is 3.68. The van der Waals surface area contributed by atoms with Crippen LogP contribution in [0.5, 0.6) is 0 Å². The summed E-state index contributed by atoms with van der Waals surface area (Å²) in [5, 5.41) is 24.3. The van der Waals surface area contributed by atoms with Gasteiger partial charge in [0.2, 0.25) is 5.95 Å². The SMILES string of the molecule is Nc1nnc(SCC(=O)O)n1CCCn1ccnn1. The first-order valence-corrected chi connectivity index (χ1v) is 6.52. The molecule has 0 aliphatic heterocycles. The summed E-state index contributed by atoms with van der Waals surface area (Å²) in [6.07, 6.45) is 4.16. The van der Waals surface area contributed by atoms with Crippen molar-refractivity contribution in [1.82, 2.24) is 29.8 Å². The van der Waals surface area contributed by atoms with Crippen LogP contribution in [0.3, 0.4) is 0 Å². The van der Waals surface area contributed by atoms with Crippen LogP contribution in [0.4, 0.5) is 5.95 Å². The third-order valence-electron chi connectivity index (χ3n) is 2.31. The largest absolute Gasteiger partial charge is 0.481 e. The van der Waals surface area contributed by atoms with Crippen molar-refractivity contribution in [2.45, 2.75) is 24.7 Å². The second-order valence-corrected chi connectivity index (χ2v) is 4.64. The molecule has 9 nitrogen and oxygen atoms in total. The Morgan fingerprint density at radius 1 is 1.42 bits per heavy atom. The Morgan fingerprint density at radius 3 is 2.95 bits per heavy atom. The molecule has 0 spiro atoms. The van der Waals surface area contributed by atoms with E-state index in [9.17, 15) is 4.79 Å². The van der Waals surface area contributed by atoms with E-state index in [0.717, 1.165) is 18.2 Å². The molecule has 2 aromatic rings. The van der Waals surface area contributed by atoms with Gasteiger partial charge in [-0.15, -0.1) is 15.3 Å². The fraction of sp³-hybridized carbons (Fsp3) is 0.444. The number of carbonyl (C=O) groups is 1. The van der Waals surface area contributed by atoms with Gasteiger partial charge < -0.3 is 10.8 Å². The summed E-state index contributed by atoms with van der Waals surface area (Å²) in [7, 11) is 0. The van der Waals surface area contributed by atoms with Crippen LogP contribution in [0.1, 0.15) is 6.42 Å². The van der Waals surface area contributed by atoms with E-state index < -0.39 is 5.97 Å². The topological polar surface area (TPSA) is 125 Å². The van der Waals surface area contributed by atoms with Crippen LogP contribution in [0.15, 0.2) is 17.6 Å². The van der Waals surface area contributed by atoms with Gasteiger partial charge in [0.1, 0.15) is 0 Å². The lowest BCUT2D eigenvalue weighted by Crippen LogP contribution is -2.09. The third-order valence-corrected chi connectivity index (χ3v) is 3.26. The van der Waals surface area contributed by atoms with E-state index in [2.05, 4.69) is 20.5 Å². The number of nitrogen functional groups attached to an aromatic ring is 1. The second-order valence-electron chi connectivity index (χ2n) is 3.69. The number of nitrogens with two attached hydrogens (primary N) is 1. The molecule has 10 heteroatoms. The maximum atomic E-state index is 10.5. The Bertz CT molecular complexity index is 539. The molecule has 2 rings (SSSR count). The predicted octanol–water partition coefficient (Wildman–Crippen LogP) is -0.281. The molecule has 0 fully saturated rings. The number of aryl methyl sites for hydroxylation is 1. The summed E-state index contributed by atoms with van der Waals surface area (Å²) in [4.78, 5) is 10.5. The Hall–Kier alpha value is -2.10. The zero-order valence-electron chi connectivity index (χ0n) is 10.0. The Morgan fingerprint density at radius 2 is 2.26 bits per heavy atom. The van der Waals surface area contributed by atoms with E-state index in [1.54, 1.807) is 21.6 Å². The van der Waals surface area contributed by atoms with Crippen molar-refractivity contribution in [3.63, 3.8) is 0 Å². The second kappa shape index (κ2) is 6.18. The van der Waals surface area contributed by atoms with E-state index in [4.69, 9.17) is 10.8 Å². The highest BCUT2D eigenvalue weighted by molar-refractivity contribution is 7.99. The summed E-state index contributed by atoms with van der Waals surface area (Å²) in [5.74, 6) is -0.687. The van der Waals surface area contributed by atoms with Crippen LogP contribution in [0.25, 0.3) is 0 Å². The lowest BCUT2D eigenvalue weighted by Gasteiger charge is -2.06. The van der Waals surface area contributed by atoms with Crippen molar-refractivity contribution in [2.75, 3.05) is 11.5 Å². The molecule has 0 unspecified atom stereocenters. The smallest absolute Gasteiger partial charge is 0.313 e. The molecule has 0 amide bonds. The normalized spacial score (nSPS) is 10.7. The van der Waals surface area contributed by atoms with Gasteiger partial charge >= 0.3 is 5.97 Å². The number of thioether (sulfide) groups is 1. The van der Waals surface area contributed by atoms with Crippen molar-refractivity contribution in [3.8, 4) is 0 Å². The van der Waals surface area contributed by atoms with E-state index in [1.165, 1.54) is 0 Å². The summed E-state index contributed by atoms with van der Waals surface area (Å²) >= 11 is 1.10. The van der Waals surface area contributed by atoms with Crippen LogP contribution in [0.2, 0.25) is 0 Å². The van der Waals surface area contributed by atoms with Crippen molar-refractivity contribution in [2.24, 2.45) is 0 Å². The van der Waals surface area contributed by atoms with Crippen LogP contribution in [0, 0.1) is 0 Å². The number of hydrogen-bond donors (Lipinski definition) is 2. The lowest BCUT2D eigenvalue weighted by molar-refractivity contribution is -0.133. The molecule has 0 radical (unpaired) electrons. The van der Waals surface area contributed by atoms with Crippen molar-refractivity contribution in [3.05, 3.63) is 12.4 Å². The summed E-state index contributed by atoms with van der Waals surface area (Å²) in [5.41, 5.74) is 5.70. The molecule has 0 bridgehead atoms. The number of rotatable bonds is 7. The van der Waals surface area contributed by atoms with Gasteiger partial charge in [-0.3, -0.25) is 14.0 Å². The highest BCUT2D eigenvalue weighted by Crippen LogP contribution is 2.18. The van der Waals surface area contributed by atoms with Crippen LogP contribution in [-0.4, -0.2) is 46.6 Å². The van der Waals surface area contributed by atoms with E-state index >= 15 is 0 Å². The zero-order valence-corrected chi connectivity index (χ0v) is 10.8. The fourth-order valence-electron chi connectivity index (χ4n) is 1.49. The van der Waals surface area contributed by atoms with Gasteiger partial charge in [-0.25, -0.2) is 0 Å². The molecule has 19 heavy (non-hydrogen) atoms. The number of hydrogen-bond acceptors (Lipinski definition) is 7. The maximum absolute atomic E-state index is 10.5. The molecule has 0 aromatic carbocycles. The Balaban J connectivity index is 1.91. The predicted molar refractivity (Wildman–Crippen MR) is 67.4 cm³/mol. The van der Waals surface area contributed by atoms with E-state index in [-0.39, 0.29) is 11.7 Å². The van der Waals surface area contributed by atoms with E-state index in [0.29, 0.717) is 18.2 Å². The summed E-state index contributed by atoms with van der Waals surface area (Å²) in [6, 6.07) is 0. The number of aromatic nitrogens is 6. The maximum Gasteiger partial charge on any atom is 0.313 e. The number of anilines is 1. The molecule has 0 aliphatic rings. The first kappa shape index (κ1) is 13.3. The van der Waals surface area contributed by atoms with Crippen LogP contribution < -0.4 is 5.73 Å². The lowest BCUT2D eigenvalue weighted by atomic mass is 10.4. The van der Waals surface area contributed by atoms with Gasteiger partial charge in [0, 0.05) is 19.3 Å². The van der Waals surface area contributed by atoms with Crippen molar-refractivity contribution < 1.29 is 9.90 Å². The molecular weight excluding hydrogens is 270 g/mol. The fourth-order valence-corrected chi connectivity index (χ4v) is 2.18. The van der Waals surface area contributed by atoms with Crippen molar-refractivity contribution >= 4 is 23.7 Å². The van der Waals surface area contributed by atoms with Gasteiger partial charge in [0.25, 0.3) is 0 Å². The quantitative estimate of drug-likeness (QED) is 0.664. The first-order chi connectivity index (χ1) is 9.16. The monoisotopic (exact) mass is 283 g/mol. The average molecular weight is 283 g/mol. The first-order valence-electron chi connectivity index (χ1n) is 5.54. The number of aliphatic carboxylic acids is 1. The van der Waals surface area contributed by atoms with Crippen molar-refractivity contribution in [1.29, 1.82) is 0 Å².